The number of benzene rings is 1. The zero-order valence-corrected chi connectivity index (χ0v) is 14.7. The van der Waals surface area contributed by atoms with Crippen LogP contribution in [0.1, 0.15) is 29.3 Å². The molecule has 0 bridgehead atoms. The fourth-order valence-corrected chi connectivity index (χ4v) is 2.87. The Morgan fingerprint density at radius 3 is 2.77 bits per heavy atom. The van der Waals surface area contributed by atoms with Crippen LogP contribution in [0.25, 0.3) is 10.9 Å². The largest absolute Gasteiger partial charge is 0.361 e. The predicted octanol–water partition coefficient (Wildman–Crippen LogP) is 2.43. The molecule has 0 aliphatic rings. The maximum absolute atomic E-state index is 12.3. The number of amides is 2. The number of hydrogen-bond acceptors (Lipinski definition) is 3. The van der Waals surface area contributed by atoms with Gasteiger partial charge in [-0.3, -0.25) is 14.6 Å². The highest BCUT2D eigenvalue weighted by molar-refractivity contribution is 6.07. The smallest absolute Gasteiger partial charge is 0.252 e. The van der Waals surface area contributed by atoms with Gasteiger partial charge in [0.2, 0.25) is 5.91 Å². The number of nitrogens with one attached hydrogen (secondary N) is 3. The molecular formula is C20H22N4O2. The number of aromatic nitrogens is 2. The maximum atomic E-state index is 12.3. The second-order valence-corrected chi connectivity index (χ2v) is 6.29. The van der Waals surface area contributed by atoms with Crippen LogP contribution in [-0.4, -0.2) is 34.4 Å². The Morgan fingerprint density at radius 1 is 1.15 bits per heavy atom. The molecule has 0 saturated carbocycles. The van der Waals surface area contributed by atoms with E-state index in [1.165, 1.54) is 5.56 Å². The van der Waals surface area contributed by atoms with Gasteiger partial charge in [0.05, 0.1) is 6.54 Å². The minimum atomic E-state index is -0.255. The zero-order chi connectivity index (χ0) is 18.4. The lowest BCUT2D eigenvalue weighted by Gasteiger charge is -2.14. The first kappa shape index (κ1) is 17.7. The molecule has 3 rings (SSSR count). The molecule has 2 amide bonds. The molecule has 134 valence electrons. The highest BCUT2D eigenvalue weighted by Crippen LogP contribution is 2.17. The first-order chi connectivity index (χ1) is 12.6. The summed E-state index contributed by atoms with van der Waals surface area (Å²) >= 11 is 0. The first-order valence-electron chi connectivity index (χ1n) is 8.66. The van der Waals surface area contributed by atoms with E-state index < -0.39 is 0 Å². The lowest BCUT2D eigenvalue weighted by molar-refractivity contribution is -0.120. The van der Waals surface area contributed by atoms with E-state index in [1.807, 2.05) is 37.3 Å². The molecule has 3 aromatic rings. The third kappa shape index (κ3) is 4.47. The summed E-state index contributed by atoms with van der Waals surface area (Å²) in [4.78, 5) is 31.5. The van der Waals surface area contributed by atoms with E-state index in [0.717, 1.165) is 23.7 Å². The molecule has 1 aromatic carbocycles. The molecular weight excluding hydrogens is 328 g/mol. The molecule has 3 N–H and O–H groups in total. The van der Waals surface area contributed by atoms with Gasteiger partial charge < -0.3 is 15.6 Å². The number of nitrogens with zero attached hydrogens (tertiary/aromatic N) is 1. The monoisotopic (exact) mass is 350 g/mol. The summed E-state index contributed by atoms with van der Waals surface area (Å²) in [5.41, 5.74) is 2.64. The molecule has 0 fully saturated rings. The summed E-state index contributed by atoms with van der Waals surface area (Å²) in [6.07, 6.45) is 7.01. The van der Waals surface area contributed by atoms with Crippen LogP contribution in [0.15, 0.2) is 55.0 Å². The van der Waals surface area contributed by atoms with Gasteiger partial charge in [0.1, 0.15) is 0 Å². The first-order valence-corrected chi connectivity index (χ1v) is 8.66. The number of hydrogen-bond donors (Lipinski definition) is 3. The predicted molar refractivity (Wildman–Crippen MR) is 101 cm³/mol. The summed E-state index contributed by atoms with van der Waals surface area (Å²) < 4.78 is 0. The molecule has 1 unspecified atom stereocenters. The van der Waals surface area contributed by atoms with E-state index in [9.17, 15) is 9.59 Å². The van der Waals surface area contributed by atoms with E-state index in [-0.39, 0.29) is 24.4 Å². The van der Waals surface area contributed by atoms with Crippen molar-refractivity contribution >= 4 is 22.7 Å². The van der Waals surface area contributed by atoms with Gasteiger partial charge in [-0.05, 0) is 55.7 Å². The molecule has 1 atom stereocenters. The van der Waals surface area contributed by atoms with E-state index in [0.29, 0.717) is 5.56 Å². The number of H-pyrrole nitrogens is 1. The average Bonchev–Trinajstić information content (AvgIpc) is 3.14. The van der Waals surface area contributed by atoms with Crippen molar-refractivity contribution in [1.29, 1.82) is 0 Å². The van der Waals surface area contributed by atoms with E-state index in [2.05, 4.69) is 20.6 Å². The highest BCUT2D eigenvalue weighted by Gasteiger charge is 2.13. The van der Waals surface area contributed by atoms with Gasteiger partial charge in [-0.1, -0.05) is 6.07 Å². The maximum Gasteiger partial charge on any atom is 0.252 e. The lowest BCUT2D eigenvalue weighted by atomic mass is 10.1. The number of carbonyl (C=O) groups excluding carboxylic acids is 2. The van der Waals surface area contributed by atoms with Gasteiger partial charge in [0, 0.05) is 41.1 Å². The van der Waals surface area contributed by atoms with Crippen molar-refractivity contribution < 1.29 is 9.59 Å². The minimum Gasteiger partial charge on any atom is -0.361 e. The lowest BCUT2D eigenvalue weighted by Crippen LogP contribution is -2.41. The molecule has 6 heteroatoms. The fraction of sp³-hybridized carbons (Fsp3) is 0.250. The van der Waals surface area contributed by atoms with Crippen LogP contribution >= 0.6 is 0 Å². The Labute approximate surface area is 152 Å². The van der Waals surface area contributed by atoms with Crippen LogP contribution < -0.4 is 10.6 Å². The van der Waals surface area contributed by atoms with Crippen LogP contribution in [-0.2, 0) is 11.2 Å². The van der Waals surface area contributed by atoms with Gasteiger partial charge in [-0.15, -0.1) is 0 Å². The van der Waals surface area contributed by atoms with Crippen LogP contribution in [0.4, 0.5) is 0 Å². The Morgan fingerprint density at radius 2 is 1.96 bits per heavy atom. The molecule has 2 heterocycles. The van der Waals surface area contributed by atoms with Gasteiger partial charge in [-0.25, -0.2) is 0 Å². The summed E-state index contributed by atoms with van der Waals surface area (Å²) in [7, 11) is 0. The Bertz CT molecular complexity index is 889. The third-order valence-corrected chi connectivity index (χ3v) is 4.27. The standard InChI is InChI=1S/C20H22N4O2/c1-14(5-6-15-7-10-21-11-8-15)24-19(25)13-23-20(26)17-3-2-4-18-16(17)9-12-22-18/h2-4,7-12,14,22H,5-6,13H2,1H3,(H,23,26)(H,24,25). The van der Waals surface area contributed by atoms with E-state index in [4.69, 9.17) is 0 Å². The molecule has 0 spiro atoms. The summed E-state index contributed by atoms with van der Waals surface area (Å²) in [6.45, 7) is 1.92. The SMILES string of the molecule is CC(CCc1ccncc1)NC(=O)CNC(=O)c1cccc2[nH]ccc12. The quantitative estimate of drug-likeness (QED) is 0.612. The van der Waals surface area contributed by atoms with Crippen molar-refractivity contribution in [3.8, 4) is 0 Å². The number of aryl methyl sites for hydroxylation is 1. The summed E-state index contributed by atoms with van der Waals surface area (Å²) in [5, 5.41) is 6.44. The molecule has 2 aromatic heterocycles. The Hall–Kier alpha value is -3.15. The Kier molecular flexibility index (Phi) is 5.63. The zero-order valence-electron chi connectivity index (χ0n) is 14.7. The van der Waals surface area contributed by atoms with Crippen LogP contribution in [0.3, 0.4) is 0 Å². The van der Waals surface area contributed by atoms with Crippen molar-refractivity contribution in [2.24, 2.45) is 0 Å². The van der Waals surface area contributed by atoms with Crippen molar-refractivity contribution in [2.75, 3.05) is 6.54 Å². The number of fused-ring (bicyclic) bond motifs is 1. The van der Waals surface area contributed by atoms with Crippen LogP contribution in [0, 0.1) is 0 Å². The van der Waals surface area contributed by atoms with Gasteiger partial charge >= 0.3 is 0 Å². The molecule has 0 saturated heterocycles. The molecule has 0 aliphatic carbocycles. The van der Waals surface area contributed by atoms with Gasteiger partial charge in [0.15, 0.2) is 0 Å². The molecule has 0 radical (unpaired) electrons. The summed E-state index contributed by atoms with van der Waals surface area (Å²) in [6, 6.07) is 11.3. The third-order valence-electron chi connectivity index (χ3n) is 4.27. The van der Waals surface area contributed by atoms with Crippen molar-refractivity contribution in [1.82, 2.24) is 20.6 Å². The normalized spacial score (nSPS) is 11.9. The number of aromatic amines is 1. The molecule has 0 aliphatic heterocycles. The second kappa shape index (κ2) is 8.29. The molecule has 6 nitrogen and oxygen atoms in total. The Balaban J connectivity index is 1.46. The van der Waals surface area contributed by atoms with Crippen molar-refractivity contribution in [3.05, 3.63) is 66.1 Å². The number of pyridine rings is 1. The van der Waals surface area contributed by atoms with Crippen LogP contribution in [0.2, 0.25) is 0 Å². The van der Waals surface area contributed by atoms with Crippen molar-refractivity contribution in [2.45, 2.75) is 25.8 Å². The molecule has 26 heavy (non-hydrogen) atoms. The number of rotatable bonds is 7. The highest BCUT2D eigenvalue weighted by atomic mass is 16.2. The fourth-order valence-electron chi connectivity index (χ4n) is 2.87. The van der Waals surface area contributed by atoms with Crippen molar-refractivity contribution in [3.63, 3.8) is 0 Å². The van der Waals surface area contributed by atoms with E-state index >= 15 is 0 Å². The second-order valence-electron chi connectivity index (χ2n) is 6.29. The van der Waals surface area contributed by atoms with E-state index in [1.54, 1.807) is 24.7 Å². The average molecular weight is 350 g/mol. The number of carbonyl (C=O) groups is 2. The van der Waals surface area contributed by atoms with Gasteiger partial charge in [-0.2, -0.15) is 0 Å². The topological polar surface area (TPSA) is 86.9 Å². The minimum absolute atomic E-state index is 0.0284. The van der Waals surface area contributed by atoms with Gasteiger partial charge in [0.25, 0.3) is 5.91 Å². The van der Waals surface area contributed by atoms with Crippen LogP contribution in [0.5, 0.6) is 0 Å². The summed E-state index contributed by atoms with van der Waals surface area (Å²) in [5.74, 6) is -0.448.